The second kappa shape index (κ2) is 7.93. The highest BCUT2D eigenvalue weighted by Crippen LogP contribution is 2.45. The van der Waals surface area contributed by atoms with Gasteiger partial charge in [-0.2, -0.15) is 0 Å². The van der Waals surface area contributed by atoms with Crippen LogP contribution in [0.4, 0.5) is 5.13 Å². The largest absolute Gasteiger partial charge is 0.477 e. The highest BCUT2D eigenvalue weighted by molar-refractivity contribution is 8.07. The van der Waals surface area contributed by atoms with Crippen molar-refractivity contribution >= 4 is 69.1 Å². The van der Waals surface area contributed by atoms with E-state index in [1.54, 1.807) is 12.4 Å². The van der Waals surface area contributed by atoms with Crippen LogP contribution in [0, 0.1) is 6.92 Å². The summed E-state index contributed by atoms with van der Waals surface area (Å²) in [6, 6.07) is -0.763. The molecule has 10 nitrogen and oxygen atoms in total. The van der Waals surface area contributed by atoms with Crippen LogP contribution in [0.5, 0.6) is 0 Å². The van der Waals surface area contributed by atoms with Crippen molar-refractivity contribution in [1.29, 1.82) is 0 Å². The molecule has 0 aliphatic carbocycles. The molecule has 152 valence electrons. The van der Waals surface area contributed by atoms with E-state index >= 15 is 0 Å². The van der Waals surface area contributed by atoms with Gasteiger partial charge in [-0.1, -0.05) is 23.1 Å². The Labute approximate surface area is 181 Å². The Morgan fingerprint density at radius 1 is 1.48 bits per heavy atom. The van der Waals surface area contributed by atoms with Crippen LogP contribution in [-0.4, -0.2) is 60.1 Å². The van der Waals surface area contributed by atoms with Gasteiger partial charge in [-0.15, -0.1) is 33.3 Å². The number of carbonyl (C=O) groups is 3. The monoisotopic (exact) mass is 470 g/mol. The molecular formula is C15H14N6O4S4. The third-order valence-corrected chi connectivity index (χ3v) is 8.54. The predicted molar refractivity (Wildman–Crippen MR) is 110 cm³/mol. The number of carbonyl (C=O) groups excluding carboxylic acids is 2. The van der Waals surface area contributed by atoms with Crippen LogP contribution >= 0.6 is 46.2 Å². The lowest BCUT2D eigenvalue weighted by Crippen LogP contribution is -2.70. The van der Waals surface area contributed by atoms with Crippen molar-refractivity contribution in [3.63, 3.8) is 0 Å². The first kappa shape index (κ1) is 20.1. The number of anilines is 1. The van der Waals surface area contributed by atoms with Crippen LogP contribution in [0.3, 0.4) is 0 Å². The van der Waals surface area contributed by atoms with Gasteiger partial charge in [-0.3, -0.25) is 14.5 Å². The Kier molecular flexibility index (Phi) is 5.50. The molecule has 0 bridgehead atoms. The van der Waals surface area contributed by atoms with Gasteiger partial charge in [-0.05, 0) is 6.92 Å². The zero-order valence-corrected chi connectivity index (χ0v) is 18.1. The summed E-state index contributed by atoms with van der Waals surface area (Å²) in [5.74, 6) is -1.55. The molecule has 4 rings (SSSR count). The molecule has 29 heavy (non-hydrogen) atoms. The van der Waals surface area contributed by atoms with E-state index in [-0.39, 0.29) is 18.0 Å². The Hall–Kier alpha value is -2.16. The van der Waals surface area contributed by atoms with E-state index < -0.39 is 23.3 Å². The number of thiazole rings is 1. The van der Waals surface area contributed by atoms with E-state index in [1.807, 2.05) is 0 Å². The lowest BCUT2D eigenvalue weighted by atomic mass is 10.0. The van der Waals surface area contributed by atoms with Gasteiger partial charge in [-0.25, -0.2) is 9.78 Å². The van der Waals surface area contributed by atoms with Crippen molar-refractivity contribution in [3.8, 4) is 0 Å². The molecule has 0 radical (unpaired) electrons. The second-order valence-corrected chi connectivity index (χ2v) is 10.5. The third kappa shape index (κ3) is 3.84. The molecule has 2 amide bonds. The highest BCUT2D eigenvalue weighted by Gasteiger charge is 2.54. The number of nitrogens with two attached hydrogens (primary N) is 1. The van der Waals surface area contributed by atoms with Crippen LogP contribution in [-0.2, 0) is 20.8 Å². The van der Waals surface area contributed by atoms with Gasteiger partial charge in [0.1, 0.15) is 22.6 Å². The van der Waals surface area contributed by atoms with Crippen molar-refractivity contribution in [2.45, 2.75) is 29.1 Å². The van der Waals surface area contributed by atoms with Crippen LogP contribution in [0.25, 0.3) is 0 Å². The van der Waals surface area contributed by atoms with Crippen molar-refractivity contribution in [1.82, 2.24) is 25.4 Å². The summed E-state index contributed by atoms with van der Waals surface area (Å²) in [5.41, 5.74) is 7.83. The molecule has 1 fully saturated rings. The molecule has 0 aromatic carbocycles. The van der Waals surface area contributed by atoms with Crippen molar-refractivity contribution in [2.75, 3.05) is 11.5 Å². The van der Waals surface area contributed by atoms with E-state index in [9.17, 15) is 19.5 Å². The van der Waals surface area contributed by atoms with Gasteiger partial charge in [0, 0.05) is 15.5 Å². The molecule has 2 aliphatic rings. The highest BCUT2D eigenvalue weighted by atomic mass is 32.2. The molecule has 0 saturated carbocycles. The Morgan fingerprint density at radius 3 is 2.90 bits per heavy atom. The minimum Gasteiger partial charge on any atom is -0.477 e. The number of nitrogen functional groups attached to an aromatic ring is 1. The van der Waals surface area contributed by atoms with Crippen molar-refractivity contribution in [2.24, 2.45) is 0 Å². The number of nitrogens with one attached hydrogen (secondary N) is 1. The topological polar surface area (TPSA) is 151 Å². The van der Waals surface area contributed by atoms with Gasteiger partial charge < -0.3 is 16.2 Å². The van der Waals surface area contributed by atoms with E-state index in [0.717, 1.165) is 4.88 Å². The number of amides is 2. The van der Waals surface area contributed by atoms with Gasteiger partial charge >= 0.3 is 5.97 Å². The van der Waals surface area contributed by atoms with Gasteiger partial charge in [0.25, 0.3) is 5.91 Å². The number of aliphatic carboxylic acids is 1. The minimum absolute atomic E-state index is 0.0597. The maximum Gasteiger partial charge on any atom is 0.353 e. The fourth-order valence-corrected chi connectivity index (χ4v) is 6.92. The summed E-state index contributed by atoms with van der Waals surface area (Å²) in [6.07, 6.45) is 0.0711. The summed E-state index contributed by atoms with van der Waals surface area (Å²) < 4.78 is 0.606. The van der Waals surface area contributed by atoms with Crippen LogP contribution in [0.2, 0.25) is 0 Å². The number of carboxylic acids is 1. The molecule has 1 saturated heterocycles. The molecule has 2 aliphatic heterocycles. The maximum atomic E-state index is 12.7. The minimum atomic E-state index is -1.18. The normalized spacial score (nSPS) is 21.0. The molecule has 4 N–H and O–H groups in total. The van der Waals surface area contributed by atoms with Crippen LogP contribution in [0.1, 0.15) is 10.6 Å². The smallest absolute Gasteiger partial charge is 0.353 e. The van der Waals surface area contributed by atoms with E-state index in [2.05, 4.69) is 20.5 Å². The Balaban J connectivity index is 1.47. The quantitative estimate of drug-likeness (QED) is 0.520. The van der Waals surface area contributed by atoms with Gasteiger partial charge in [0.2, 0.25) is 5.91 Å². The molecular weight excluding hydrogens is 456 g/mol. The summed E-state index contributed by atoms with van der Waals surface area (Å²) in [5, 5.41) is 20.0. The van der Waals surface area contributed by atoms with E-state index in [0.29, 0.717) is 25.8 Å². The van der Waals surface area contributed by atoms with Gasteiger partial charge in [0.05, 0.1) is 12.1 Å². The van der Waals surface area contributed by atoms with Gasteiger partial charge in [0.15, 0.2) is 9.47 Å². The number of thioether (sulfide) groups is 2. The summed E-state index contributed by atoms with van der Waals surface area (Å²) in [7, 11) is 0. The standard InChI is InChI=1S/C15H14N6O4S4/c1-5-6(28-14(16)18-5)2-8(22)19-9-11(23)21-10(13(24)25)7(3-26-12(9)21)29-15-20-17-4-27-15/h4,9,12H,2-3H2,1H3,(H2,16,18)(H,19,22)(H,24,25)/t9-,12+/m1/s1. The molecule has 2 aromatic rings. The number of aryl methyl sites for hydroxylation is 1. The van der Waals surface area contributed by atoms with E-state index in [4.69, 9.17) is 5.73 Å². The molecule has 2 aromatic heterocycles. The number of hydrogen-bond acceptors (Lipinski definition) is 11. The Morgan fingerprint density at radius 2 is 2.28 bits per heavy atom. The third-order valence-electron chi connectivity index (χ3n) is 4.23. The fraction of sp³-hybridized carbons (Fsp3) is 0.333. The number of aromatic nitrogens is 3. The zero-order valence-electron chi connectivity index (χ0n) is 14.8. The number of nitrogens with zero attached hydrogens (tertiary/aromatic N) is 4. The van der Waals surface area contributed by atoms with Crippen molar-refractivity contribution in [3.05, 3.63) is 26.7 Å². The fourth-order valence-electron chi connectivity index (χ4n) is 2.97. The predicted octanol–water partition coefficient (Wildman–Crippen LogP) is 0.916. The lowest BCUT2D eigenvalue weighted by Gasteiger charge is -2.49. The average Bonchev–Trinajstić information content (AvgIpc) is 3.28. The SMILES string of the molecule is Cc1nc(N)sc1CC(=O)N[C@@H]1C(=O)N2C(C(=O)O)=C(Sc3nncs3)CS[C@@H]12. The average molecular weight is 471 g/mol. The molecule has 2 atom stereocenters. The number of carboxylic acid groups (broad SMARTS) is 1. The van der Waals surface area contributed by atoms with Crippen LogP contribution < -0.4 is 11.1 Å². The van der Waals surface area contributed by atoms with E-state index in [1.165, 1.54) is 51.1 Å². The first-order valence-corrected chi connectivity index (χ1v) is 11.8. The first-order chi connectivity index (χ1) is 13.8. The number of rotatable bonds is 6. The number of β-lactam (4-membered cyclic amide) rings is 1. The van der Waals surface area contributed by atoms with Crippen molar-refractivity contribution < 1.29 is 19.5 Å². The second-order valence-electron chi connectivity index (χ2n) is 6.08. The molecule has 4 heterocycles. The zero-order chi connectivity index (χ0) is 20.7. The summed E-state index contributed by atoms with van der Waals surface area (Å²) >= 11 is 5.13. The maximum absolute atomic E-state index is 12.7. The summed E-state index contributed by atoms with van der Waals surface area (Å²) in [4.78, 5) is 43.5. The molecule has 0 unspecified atom stereocenters. The number of fused-ring (bicyclic) bond motifs is 1. The van der Waals surface area contributed by atoms with Crippen LogP contribution in [0.15, 0.2) is 20.5 Å². The number of hydrogen-bond donors (Lipinski definition) is 3. The molecule has 14 heteroatoms. The Bertz CT molecular complexity index is 1020. The summed E-state index contributed by atoms with van der Waals surface area (Å²) in [6.45, 7) is 1.77. The molecule has 0 spiro atoms. The lowest BCUT2D eigenvalue weighted by molar-refractivity contribution is -0.150. The first-order valence-electron chi connectivity index (χ1n) is 8.21.